The number of ether oxygens (including phenoxy) is 2. The molecule has 0 spiro atoms. The van der Waals surface area contributed by atoms with Crippen LogP contribution in [0.5, 0.6) is 5.75 Å². The van der Waals surface area contributed by atoms with Gasteiger partial charge in [0.15, 0.2) is 5.69 Å². The van der Waals surface area contributed by atoms with E-state index in [1.165, 1.54) is 0 Å². The van der Waals surface area contributed by atoms with E-state index in [-0.39, 0.29) is 11.8 Å². The first-order valence-corrected chi connectivity index (χ1v) is 9.46. The molecule has 0 bridgehead atoms. The Labute approximate surface area is 166 Å². The Hall–Kier alpha value is -2.77. The number of halogens is 1. The molecule has 1 saturated heterocycles. The number of aromatic nitrogens is 2. The van der Waals surface area contributed by atoms with Gasteiger partial charge in [0.1, 0.15) is 12.4 Å². The number of carboxylic acid groups (broad SMARTS) is 1. The number of aromatic carboxylic acids is 1. The van der Waals surface area contributed by atoms with Crippen LogP contribution in [-0.4, -0.2) is 40.6 Å². The van der Waals surface area contributed by atoms with Crippen molar-refractivity contribution in [2.24, 2.45) is 0 Å². The fourth-order valence-electron chi connectivity index (χ4n) is 3.27. The van der Waals surface area contributed by atoms with Crippen molar-refractivity contribution < 1.29 is 19.4 Å². The highest BCUT2D eigenvalue weighted by Crippen LogP contribution is 2.26. The lowest BCUT2D eigenvalue weighted by molar-refractivity contribution is 0.0676. The molecule has 0 saturated carbocycles. The van der Waals surface area contributed by atoms with Crippen LogP contribution >= 0.6 is 11.6 Å². The van der Waals surface area contributed by atoms with E-state index >= 15 is 0 Å². The van der Waals surface area contributed by atoms with Gasteiger partial charge in [-0.2, -0.15) is 5.10 Å². The van der Waals surface area contributed by atoms with Crippen molar-refractivity contribution in [3.8, 4) is 5.75 Å². The summed E-state index contributed by atoms with van der Waals surface area (Å²) in [4.78, 5) is 11.3. The molecule has 28 heavy (non-hydrogen) atoms. The summed E-state index contributed by atoms with van der Waals surface area (Å²) >= 11 is 6.16. The number of nitrogens with zero attached hydrogens (tertiary/aromatic N) is 1. The number of hydrogen-bond donors (Lipinski definition) is 3. The molecule has 2 heterocycles. The van der Waals surface area contributed by atoms with Crippen molar-refractivity contribution in [2.75, 3.05) is 18.5 Å². The van der Waals surface area contributed by atoms with Gasteiger partial charge in [0.25, 0.3) is 0 Å². The second kappa shape index (κ2) is 8.08. The van der Waals surface area contributed by atoms with Gasteiger partial charge >= 0.3 is 5.97 Å². The number of fused-ring (bicyclic) bond motifs is 1. The molecule has 3 aromatic rings. The minimum atomic E-state index is -1.07. The maximum absolute atomic E-state index is 11.3. The average Bonchev–Trinajstić information content (AvgIpc) is 3.34. The Kier molecular flexibility index (Phi) is 5.36. The van der Waals surface area contributed by atoms with Crippen LogP contribution in [0.3, 0.4) is 0 Å². The predicted octanol–water partition coefficient (Wildman–Crippen LogP) is 4.08. The summed E-state index contributed by atoms with van der Waals surface area (Å²) < 4.78 is 11.6. The summed E-state index contributed by atoms with van der Waals surface area (Å²) in [6, 6.07) is 10.9. The zero-order chi connectivity index (χ0) is 19.5. The lowest BCUT2D eigenvalue weighted by atomic mass is 10.1. The Morgan fingerprint density at radius 1 is 1.36 bits per heavy atom. The molecule has 1 unspecified atom stereocenters. The van der Waals surface area contributed by atoms with Gasteiger partial charge in [-0.15, -0.1) is 0 Å². The molecule has 0 aliphatic carbocycles. The average molecular weight is 402 g/mol. The number of anilines is 1. The molecule has 2 aromatic carbocycles. The molecule has 1 aliphatic heterocycles. The summed E-state index contributed by atoms with van der Waals surface area (Å²) in [6.45, 7) is 1.78. The summed E-state index contributed by atoms with van der Waals surface area (Å²) in [6.07, 6.45) is 2.21. The lowest BCUT2D eigenvalue weighted by Gasteiger charge is -2.16. The lowest BCUT2D eigenvalue weighted by Crippen LogP contribution is -2.17. The Bertz CT molecular complexity index is 998. The first kappa shape index (κ1) is 18.6. The smallest absolute Gasteiger partial charge is 0.357 e. The zero-order valence-corrected chi connectivity index (χ0v) is 15.8. The van der Waals surface area contributed by atoms with Crippen LogP contribution in [0.1, 0.15) is 28.9 Å². The highest BCUT2D eigenvalue weighted by atomic mass is 35.5. The van der Waals surface area contributed by atoms with Gasteiger partial charge in [0.05, 0.1) is 11.6 Å². The van der Waals surface area contributed by atoms with E-state index in [1.807, 2.05) is 18.2 Å². The predicted molar refractivity (Wildman–Crippen MR) is 106 cm³/mol. The maximum Gasteiger partial charge on any atom is 0.357 e. The van der Waals surface area contributed by atoms with E-state index in [2.05, 4.69) is 15.5 Å². The fourth-order valence-corrected chi connectivity index (χ4v) is 3.46. The quantitative estimate of drug-likeness (QED) is 0.552. The van der Waals surface area contributed by atoms with E-state index in [9.17, 15) is 9.90 Å². The highest BCUT2D eigenvalue weighted by Gasteiger charge is 2.17. The molecule has 1 fully saturated rings. The monoisotopic (exact) mass is 401 g/mol. The van der Waals surface area contributed by atoms with Crippen LogP contribution in [0.25, 0.3) is 10.9 Å². The normalized spacial score (nSPS) is 16.4. The third kappa shape index (κ3) is 4.05. The molecular weight excluding hydrogens is 382 g/mol. The van der Waals surface area contributed by atoms with Crippen molar-refractivity contribution in [3.05, 3.63) is 52.7 Å². The van der Waals surface area contributed by atoms with Gasteiger partial charge in [0, 0.05) is 34.8 Å². The van der Waals surface area contributed by atoms with Crippen molar-refractivity contribution >= 4 is 34.2 Å². The summed E-state index contributed by atoms with van der Waals surface area (Å²) in [5.41, 5.74) is 2.37. The van der Waals surface area contributed by atoms with E-state index in [0.717, 1.165) is 36.4 Å². The molecule has 3 N–H and O–H groups in total. The fraction of sp³-hybridized carbons (Fsp3) is 0.300. The van der Waals surface area contributed by atoms with Gasteiger partial charge in [0.2, 0.25) is 0 Å². The van der Waals surface area contributed by atoms with E-state index in [0.29, 0.717) is 29.1 Å². The van der Waals surface area contributed by atoms with Gasteiger partial charge in [-0.1, -0.05) is 11.6 Å². The number of aromatic amines is 1. The topological polar surface area (TPSA) is 96.5 Å². The highest BCUT2D eigenvalue weighted by molar-refractivity contribution is 6.30. The number of benzene rings is 2. The molecular formula is C20H20ClN3O4. The standard InChI is InChI=1S/C20H20ClN3O4/c21-13-3-6-18(28-11-15-2-1-7-27-15)12(8-13)10-22-14-4-5-17-16(9-14)19(20(25)26)24-23-17/h3-6,8-9,15,22H,1-2,7,10-11H2,(H,23,24)(H,25,26). The Morgan fingerprint density at radius 2 is 2.25 bits per heavy atom. The third-order valence-corrected chi connectivity index (χ3v) is 4.95. The maximum atomic E-state index is 11.3. The van der Waals surface area contributed by atoms with Crippen molar-refractivity contribution in [3.63, 3.8) is 0 Å². The minimum absolute atomic E-state index is 0.00184. The van der Waals surface area contributed by atoms with Crippen molar-refractivity contribution in [2.45, 2.75) is 25.5 Å². The largest absolute Gasteiger partial charge is 0.491 e. The zero-order valence-electron chi connectivity index (χ0n) is 15.1. The van der Waals surface area contributed by atoms with Crippen molar-refractivity contribution in [1.82, 2.24) is 10.2 Å². The van der Waals surface area contributed by atoms with Gasteiger partial charge in [-0.3, -0.25) is 5.10 Å². The Balaban J connectivity index is 1.49. The molecule has 1 aromatic heterocycles. The van der Waals surface area contributed by atoms with Crippen LogP contribution in [0.15, 0.2) is 36.4 Å². The summed E-state index contributed by atoms with van der Waals surface area (Å²) in [5.74, 6) is -0.314. The number of rotatable bonds is 7. The third-order valence-electron chi connectivity index (χ3n) is 4.72. The Morgan fingerprint density at radius 3 is 3.04 bits per heavy atom. The number of nitrogens with one attached hydrogen (secondary N) is 2. The molecule has 7 nitrogen and oxygen atoms in total. The molecule has 8 heteroatoms. The van der Waals surface area contributed by atoms with Gasteiger partial charge in [-0.05, 0) is 49.2 Å². The summed E-state index contributed by atoms with van der Waals surface area (Å²) in [7, 11) is 0. The molecule has 0 radical (unpaired) electrons. The number of carbonyl (C=O) groups is 1. The second-order valence-electron chi connectivity index (χ2n) is 6.69. The first-order valence-electron chi connectivity index (χ1n) is 9.08. The number of hydrogen-bond acceptors (Lipinski definition) is 5. The van der Waals surface area contributed by atoms with Crippen LogP contribution < -0.4 is 10.1 Å². The van der Waals surface area contributed by atoms with Crippen molar-refractivity contribution in [1.29, 1.82) is 0 Å². The molecule has 1 aliphatic rings. The van der Waals surface area contributed by atoms with E-state index in [1.54, 1.807) is 18.2 Å². The number of H-pyrrole nitrogens is 1. The van der Waals surface area contributed by atoms with E-state index in [4.69, 9.17) is 21.1 Å². The van der Waals surface area contributed by atoms with Crippen LogP contribution in [-0.2, 0) is 11.3 Å². The minimum Gasteiger partial charge on any atom is -0.491 e. The number of carboxylic acids is 1. The first-order chi connectivity index (χ1) is 13.6. The van der Waals surface area contributed by atoms with Crippen LogP contribution in [0.4, 0.5) is 5.69 Å². The summed E-state index contributed by atoms with van der Waals surface area (Å²) in [5, 5.41) is 20.3. The molecule has 1 atom stereocenters. The molecule has 4 rings (SSSR count). The van der Waals surface area contributed by atoms with Gasteiger partial charge < -0.3 is 19.9 Å². The van der Waals surface area contributed by atoms with E-state index < -0.39 is 5.97 Å². The second-order valence-corrected chi connectivity index (χ2v) is 7.13. The van der Waals surface area contributed by atoms with Crippen LogP contribution in [0, 0.1) is 0 Å². The molecule has 146 valence electrons. The van der Waals surface area contributed by atoms with Crippen LogP contribution in [0.2, 0.25) is 5.02 Å². The molecule has 0 amide bonds. The SMILES string of the molecule is O=C(O)c1n[nH]c2ccc(NCc3cc(Cl)ccc3OCC3CCCO3)cc12. The van der Waals surface area contributed by atoms with Gasteiger partial charge in [-0.25, -0.2) is 4.79 Å².